The molecule has 0 aliphatic carbocycles. The molecule has 0 saturated heterocycles. The zero-order valence-electron chi connectivity index (χ0n) is 15.7. The topological polar surface area (TPSA) is 100.0 Å². The number of ether oxygens (including phenoxy) is 1. The average molecular weight is 413 g/mol. The summed E-state index contributed by atoms with van der Waals surface area (Å²) >= 11 is 0. The first kappa shape index (κ1) is 19.1. The fraction of sp³-hybridized carbons (Fsp3) is 0.200. The lowest BCUT2D eigenvalue weighted by molar-refractivity contribution is 0.386. The molecule has 3 N–H and O–H groups in total. The number of halogens is 1. The SMILES string of the molecule is COc1ccc(-c2cnc3nc2NCCCS(=N)(=O)c2cccc(c2)N3)cc1F. The third kappa shape index (κ3) is 4.00. The van der Waals surface area contributed by atoms with Crippen molar-refractivity contribution in [2.24, 2.45) is 0 Å². The lowest BCUT2D eigenvalue weighted by atomic mass is 10.1. The van der Waals surface area contributed by atoms with Crippen LogP contribution in [0.15, 0.2) is 53.6 Å². The monoisotopic (exact) mass is 413 g/mol. The summed E-state index contributed by atoms with van der Waals surface area (Å²) in [6.45, 7) is 0.470. The minimum absolute atomic E-state index is 0.162. The van der Waals surface area contributed by atoms with Crippen molar-refractivity contribution in [3.63, 3.8) is 0 Å². The van der Waals surface area contributed by atoms with Gasteiger partial charge in [-0.25, -0.2) is 18.4 Å². The van der Waals surface area contributed by atoms with Crippen LogP contribution in [0.2, 0.25) is 0 Å². The Kier molecular flexibility index (Phi) is 5.06. The van der Waals surface area contributed by atoms with Gasteiger partial charge in [0.25, 0.3) is 0 Å². The van der Waals surface area contributed by atoms with Crippen LogP contribution in [0.5, 0.6) is 5.75 Å². The molecular weight excluding hydrogens is 393 g/mol. The molecule has 1 aromatic heterocycles. The maximum atomic E-state index is 14.2. The van der Waals surface area contributed by atoms with Crippen LogP contribution in [-0.4, -0.2) is 33.6 Å². The number of hydrogen-bond acceptors (Lipinski definition) is 7. The lowest BCUT2D eigenvalue weighted by Crippen LogP contribution is -2.14. The summed E-state index contributed by atoms with van der Waals surface area (Å²) in [6.07, 6.45) is 2.15. The molecule has 7 nitrogen and oxygen atoms in total. The van der Waals surface area contributed by atoms with Gasteiger partial charge >= 0.3 is 0 Å². The highest BCUT2D eigenvalue weighted by Crippen LogP contribution is 2.31. The molecule has 0 saturated carbocycles. The number of rotatable bonds is 2. The maximum absolute atomic E-state index is 14.2. The van der Waals surface area contributed by atoms with E-state index in [1.165, 1.54) is 13.2 Å². The number of benzene rings is 2. The van der Waals surface area contributed by atoms with Crippen molar-refractivity contribution in [2.75, 3.05) is 30.0 Å². The van der Waals surface area contributed by atoms with Crippen LogP contribution in [0.4, 0.5) is 21.8 Å². The molecule has 4 bridgehead atoms. The summed E-state index contributed by atoms with van der Waals surface area (Å²) in [5.41, 5.74) is 1.89. The summed E-state index contributed by atoms with van der Waals surface area (Å²) < 4.78 is 40.1. The fourth-order valence-corrected chi connectivity index (χ4v) is 4.53. The highest BCUT2D eigenvalue weighted by molar-refractivity contribution is 7.92. The number of aromatic nitrogens is 2. The second-order valence-electron chi connectivity index (χ2n) is 6.62. The standard InChI is InChI=1S/C20H20FN5O2S/c1-28-18-7-6-13(10-17(18)21)16-12-24-20-25-14-4-2-5-15(11-14)29(22,27)9-3-8-23-19(16)26-20/h2,4-7,10-12,22H,3,8-9H2,1H3,(H2,23,24,25,26). The Morgan fingerprint density at radius 2 is 2.10 bits per heavy atom. The molecular formula is C20H20FN5O2S. The molecule has 1 atom stereocenters. The van der Waals surface area contributed by atoms with Crippen molar-refractivity contribution in [3.05, 3.63) is 54.5 Å². The second-order valence-corrected chi connectivity index (χ2v) is 8.85. The molecule has 9 heteroatoms. The van der Waals surface area contributed by atoms with E-state index in [1.54, 1.807) is 42.6 Å². The van der Waals surface area contributed by atoms with E-state index in [2.05, 4.69) is 20.6 Å². The number of fused-ring (bicyclic) bond motifs is 4. The van der Waals surface area contributed by atoms with Crippen molar-refractivity contribution >= 4 is 27.2 Å². The summed E-state index contributed by atoms with van der Waals surface area (Å²) in [7, 11) is -1.48. The highest BCUT2D eigenvalue weighted by Gasteiger charge is 2.16. The van der Waals surface area contributed by atoms with Gasteiger partial charge in [0.05, 0.1) is 16.8 Å². The number of hydrogen-bond donors (Lipinski definition) is 3. The van der Waals surface area contributed by atoms with E-state index >= 15 is 0 Å². The molecule has 0 fully saturated rings. The van der Waals surface area contributed by atoms with Crippen LogP contribution >= 0.6 is 0 Å². The molecule has 0 spiro atoms. The van der Waals surface area contributed by atoms with Crippen molar-refractivity contribution < 1.29 is 13.3 Å². The Hall–Kier alpha value is -3.20. The summed E-state index contributed by atoms with van der Waals surface area (Å²) in [4.78, 5) is 9.36. The quantitative estimate of drug-likeness (QED) is 0.581. The summed E-state index contributed by atoms with van der Waals surface area (Å²) in [6, 6.07) is 11.6. The predicted molar refractivity (Wildman–Crippen MR) is 111 cm³/mol. The van der Waals surface area contributed by atoms with Crippen molar-refractivity contribution in [1.82, 2.24) is 9.97 Å². The van der Waals surface area contributed by atoms with Gasteiger partial charge in [0.15, 0.2) is 11.6 Å². The van der Waals surface area contributed by atoms with Gasteiger partial charge in [0.1, 0.15) is 5.82 Å². The number of nitrogens with one attached hydrogen (secondary N) is 3. The van der Waals surface area contributed by atoms with Gasteiger partial charge in [-0.05, 0) is 42.3 Å². The largest absolute Gasteiger partial charge is 0.494 e. The molecule has 2 heterocycles. The molecule has 1 aliphatic heterocycles. The normalized spacial score (nSPS) is 18.6. The number of nitrogens with zero attached hydrogens (tertiary/aromatic N) is 2. The molecule has 29 heavy (non-hydrogen) atoms. The van der Waals surface area contributed by atoms with Crippen molar-refractivity contribution in [1.29, 1.82) is 4.78 Å². The van der Waals surface area contributed by atoms with Crippen molar-refractivity contribution in [3.8, 4) is 16.9 Å². The Balaban J connectivity index is 1.76. The minimum atomic E-state index is -2.89. The van der Waals surface area contributed by atoms with E-state index in [4.69, 9.17) is 9.52 Å². The van der Waals surface area contributed by atoms with Gasteiger partial charge in [0.2, 0.25) is 5.95 Å². The molecule has 1 unspecified atom stereocenters. The maximum Gasteiger partial charge on any atom is 0.229 e. The Morgan fingerprint density at radius 3 is 2.90 bits per heavy atom. The smallest absolute Gasteiger partial charge is 0.229 e. The first-order valence-electron chi connectivity index (χ1n) is 9.05. The van der Waals surface area contributed by atoms with Crippen LogP contribution in [0.1, 0.15) is 6.42 Å². The van der Waals surface area contributed by atoms with E-state index in [0.29, 0.717) is 46.4 Å². The van der Waals surface area contributed by atoms with Crippen LogP contribution in [-0.2, 0) is 9.73 Å². The number of anilines is 3. The van der Waals surface area contributed by atoms with Crippen LogP contribution in [0.3, 0.4) is 0 Å². The average Bonchev–Trinajstić information content (AvgIpc) is 2.71. The molecule has 0 radical (unpaired) electrons. The zero-order valence-corrected chi connectivity index (χ0v) is 16.6. The van der Waals surface area contributed by atoms with Crippen LogP contribution in [0.25, 0.3) is 11.1 Å². The third-order valence-corrected chi connectivity index (χ3v) is 6.50. The molecule has 0 amide bonds. The fourth-order valence-electron chi connectivity index (χ4n) is 3.13. The molecule has 2 aromatic carbocycles. The highest BCUT2D eigenvalue weighted by atomic mass is 32.2. The predicted octanol–water partition coefficient (Wildman–Crippen LogP) is 4.26. The van der Waals surface area contributed by atoms with Gasteiger partial charge < -0.3 is 15.4 Å². The van der Waals surface area contributed by atoms with Gasteiger partial charge in [-0.15, -0.1) is 0 Å². The van der Waals surface area contributed by atoms with Gasteiger partial charge in [-0.2, -0.15) is 4.98 Å². The van der Waals surface area contributed by atoms with E-state index in [-0.39, 0.29) is 11.5 Å². The third-order valence-electron chi connectivity index (χ3n) is 4.62. The van der Waals surface area contributed by atoms with Gasteiger partial charge in [0, 0.05) is 34.6 Å². The molecule has 150 valence electrons. The zero-order chi connectivity index (χ0) is 20.4. The Morgan fingerprint density at radius 1 is 1.24 bits per heavy atom. The summed E-state index contributed by atoms with van der Waals surface area (Å²) in [5, 5.41) is 6.29. The Bertz CT molecular complexity index is 1170. The van der Waals surface area contributed by atoms with E-state index in [0.717, 1.165) is 0 Å². The van der Waals surface area contributed by atoms with Gasteiger partial charge in [-0.1, -0.05) is 12.1 Å². The Labute approximate surface area is 168 Å². The molecule has 4 rings (SSSR count). The minimum Gasteiger partial charge on any atom is -0.494 e. The van der Waals surface area contributed by atoms with Crippen LogP contribution < -0.4 is 15.4 Å². The first-order chi connectivity index (χ1) is 14.0. The van der Waals surface area contributed by atoms with Crippen LogP contribution in [0, 0.1) is 10.6 Å². The first-order valence-corrected chi connectivity index (χ1v) is 10.8. The molecule has 3 aromatic rings. The van der Waals surface area contributed by atoms with E-state index in [9.17, 15) is 8.60 Å². The second kappa shape index (κ2) is 7.67. The van der Waals surface area contributed by atoms with E-state index in [1.807, 2.05) is 0 Å². The molecule has 1 aliphatic rings. The number of methoxy groups -OCH3 is 1. The summed E-state index contributed by atoms with van der Waals surface area (Å²) in [5.74, 6) is 0.793. The van der Waals surface area contributed by atoms with Gasteiger partial charge in [-0.3, -0.25) is 0 Å². The van der Waals surface area contributed by atoms with E-state index < -0.39 is 15.5 Å². The lowest BCUT2D eigenvalue weighted by Gasteiger charge is -2.16. The van der Waals surface area contributed by atoms with Crippen molar-refractivity contribution in [2.45, 2.75) is 11.3 Å².